The van der Waals surface area contributed by atoms with Crippen molar-refractivity contribution in [3.05, 3.63) is 23.2 Å². The van der Waals surface area contributed by atoms with Crippen molar-refractivity contribution in [2.24, 2.45) is 0 Å². The summed E-state index contributed by atoms with van der Waals surface area (Å²) in [6.45, 7) is 2.05. The number of hydrogen-bond donors (Lipinski definition) is 1. The van der Waals surface area contributed by atoms with Crippen molar-refractivity contribution in [1.29, 1.82) is 0 Å². The van der Waals surface area contributed by atoms with Gasteiger partial charge in [0.15, 0.2) is 5.01 Å². The van der Waals surface area contributed by atoms with Gasteiger partial charge in [-0.3, -0.25) is 0 Å². The highest BCUT2D eigenvalue weighted by Crippen LogP contribution is 2.35. The Morgan fingerprint density at radius 3 is 2.63 bits per heavy atom. The number of ether oxygens (including phenoxy) is 2. The van der Waals surface area contributed by atoms with E-state index >= 15 is 0 Å². The summed E-state index contributed by atoms with van der Waals surface area (Å²) in [4.78, 5) is 0. The maximum atomic E-state index is 5.38. The van der Waals surface area contributed by atoms with Crippen molar-refractivity contribution < 1.29 is 9.47 Å². The van der Waals surface area contributed by atoms with Gasteiger partial charge in [-0.15, -0.1) is 10.2 Å². The van der Waals surface area contributed by atoms with Gasteiger partial charge in [0.2, 0.25) is 0 Å². The monoisotopic (exact) mass is 279 g/mol. The van der Waals surface area contributed by atoms with Crippen molar-refractivity contribution in [1.82, 2.24) is 15.5 Å². The lowest BCUT2D eigenvalue weighted by molar-refractivity contribution is 0.395. The number of nitrogens with one attached hydrogen (secondary N) is 1. The molecule has 0 aliphatic rings. The maximum absolute atomic E-state index is 5.38. The van der Waals surface area contributed by atoms with Crippen LogP contribution in [0.3, 0.4) is 0 Å². The fraction of sp³-hybridized carbons (Fsp3) is 0.385. The van der Waals surface area contributed by atoms with Gasteiger partial charge in [0, 0.05) is 6.07 Å². The summed E-state index contributed by atoms with van der Waals surface area (Å²) in [7, 11) is 5.17. The van der Waals surface area contributed by atoms with Crippen LogP contribution in [0.2, 0.25) is 0 Å². The highest BCUT2D eigenvalue weighted by molar-refractivity contribution is 7.14. The van der Waals surface area contributed by atoms with Gasteiger partial charge in [-0.1, -0.05) is 11.3 Å². The molecule has 0 aliphatic heterocycles. The van der Waals surface area contributed by atoms with Gasteiger partial charge in [-0.05, 0) is 26.1 Å². The predicted octanol–water partition coefficient (Wildman–Crippen LogP) is 2.50. The molecule has 0 fully saturated rings. The normalized spacial score (nSPS) is 12.2. The predicted molar refractivity (Wildman–Crippen MR) is 75.9 cm³/mol. The van der Waals surface area contributed by atoms with Gasteiger partial charge in [0.05, 0.1) is 25.8 Å². The molecule has 1 unspecified atom stereocenters. The molecule has 0 amide bonds. The minimum Gasteiger partial charge on any atom is -0.497 e. The van der Waals surface area contributed by atoms with E-state index in [1.165, 1.54) is 0 Å². The summed E-state index contributed by atoms with van der Waals surface area (Å²) in [6, 6.07) is 5.86. The number of aromatic nitrogens is 2. The molecule has 1 heterocycles. The number of nitrogens with zero attached hydrogens (tertiary/aromatic N) is 2. The molecule has 1 aromatic heterocycles. The van der Waals surface area contributed by atoms with E-state index in [4.69, 9.17) is 9.47 Å². The molecule has 0 saturated carbocycles. The second-order valence-electron chi connectivity index (χ2n) is 4.02. The van der Waals surface area contributed by atoms with Crippen molar-refractivity contribution in [2.45, 2.75) is 13.0 Å². The SMILES string of the molecule is CNC(C)c1nnc(-c2ccc(OC)cc2OC)s1. The summed E-state index contributed by atoms with van der Waals surface area (Å²) < 4.78 is 10.6. The van der Waals surface area contributed by atoms with Gasteiger partial charge in [-0.2, -0.15) is 0 Å². The van der Waals surface area contributed by atoms with Crippen LogP contribution >= 0.6 is 11.3 Å². The van der Waals surface area contributed by atoms with E-state index in [2.05, 4.69) is 22.4 Å². The van der Waals surface area contributed by atoms with Crippen molar-refractivity contribution in [3.8, 4) is 22.1 Å². The minimum atomic E-state index is 0.190. The molecular formula is C13H17N3O2S. The second kappa shape index (κ2) is 5.99. The Hall–Kier alpha value is -1.66. The lowest BCUT2D eigenvalue weighted by atomic mass is 10.2. The molecule has 5 nitrogen and oxygen atoms in total. The third-order valence-corrected chi connectivity index (χ3v) is 4.02. The summed E-state index contributed by atoms with van der Waals surface area (Å²) >= 11 is 1.56. The molecule has 0 bridgehead atoms. The van der Waals surface area contributed by atoms with E-state index in [1.807, 2.05) is 25.2 Å². The number of rotatable bonds is 5. The zero-order valence-corrected chi connectivity index (χ0v) is 12.2. The summed E-state index contributed by atoms with van der Waals surface area (Å²) in [5.41, 5.74) is 0.926. The van der Waals surface area contributed by atoms with E-state index in [0.29, 0.717) is 0 Å². The molecule has 1 N–H and O–H groups in total. The first-order valence-electron chi connectivity index (χ1n) is 5.92. The Morgan fingerprint density at radius 2 is 2.00 bits per heavy atom. The van der Waals surface area contributed by atoms with Gasteiger partial charge in [0.1, 0.15) is 16.5 Å². The van der Waals surface area contributed by atoms with Crippen LogP contribution in [0.15, 0.2) is 18.2 Å². The van der Waals surface area contributed by atoms with Gasteiger partial charge >= 0.3 is 0 Å². The van der Waals surface area contributed by atoms with Crippen molar-refractivity contribution in [3.63, 3.8) is 0 Å². The molecule has 1 aromatic carbocycles. The Morgan fingerprint density at radius 1 is 1.21 bits per heavy atom. The molecule has 6 heteroatoms. The summed E-state index contributed by atoms with van der Waals surface area (Å²) in [5, 5.41) is 13.4. The first kappa shape index (κ1) is 13.8. The summed E-state index contributed by atoms with van der Waals surface area (Å²) in [5.74, 6) is 1.49. The zero-order valence-electron chi connectivity index (χ0n) is 11.4. The first-order chi connectivity index (χ1) is 9.19. The molecule has 1 atom stereocenters. The van der Waals surface area contributed by atoms with Crippen LogP contribution in [0.5, 0.6) is 11.5 Å². The largest absolute Gasteiger partial charge is 0.497 e. The lowest BCUT2D eigenvalue weighted by Gasteiger charge is -2.07. The maximum Gasteiger partial charge on any atom is 0.151 e. The fourth-order valence-electron chi connectivity index (χ4n) is 1.62. The van der Waals surface area contributed by atoms with Crippen LogP contribution in [-0.4, -0.2) is 31.5 Å². The molecule has 0 saturated heterocycles. The quantitative estimate of drug-likeness (QED) is 0.911. The average molecular weight is 279 g/mol. The Balaban J connectivity index is 2.38. The van der Waals surface area contributed by atoms with Gasteiger partial charge < -0.3 is 14.8 Å². The Bertz CT molecular complexity index is 557. The van der Waals surface area contributed by atoms with Crippen LogP contribution in [-0.2, 0) is 0 Å². The molecule has 2 aromatic rings. The third kappa shape index (κ3) is 2.85. The first-order valence-corrected chi connectivity index (χ1v) is 6.74. The molecule has 2 rings (SSSR count). The molecule has 0 spiro atoms. The third-order valence-electron chi connectivity index (χ3n) is 2.88. The molecule has 0 radical (unpaired) electrons. The van der Waals surface area contributed by atoms with E-state index in [1.54, 1.807) is 25.6 Å². The smallest absolute Gasteiger partial charge is 0.151 e. The highest BCUT2D eigenvalue weighted by atomic mass is 32.1. The second-order valence-corrected chi connectivity index (χ2v) is 5.03. The van der Waals surface area contributed by atoms with Crippen molar-refractivity contribution in [2.75, 3.05) is 21.3 Å². The van der Waals surface area contributed by atoms with E-state index < -0.39 is 0 Å². The topological polar surface area (TPSA) is 56.3 Å². The highest BCUT2D eigenvalue weighted by Gasteiger charge is 2.15. The van der Waals surface area contributed by atoms with Crippen LogP contribution in [0.4, 0.5) is 0 Å². The lowest BCUT2D eigenvalue weighted by Crippen LogP contribution is -2.11. The number of methoxy groups -OCH3 is 2. The van der Waals surface area contributed by atoms with E-state index in [-0.39, 0.29) is 6.04 Å². The Labute approximate surface area is 116 Å². The van der Waals surface area contributed by atoms with Crippen molar-refractivity contribution >= 4 is 11.3 Å². The van der Waals surface area contributed by atoms with E-state index in [9.17, 15) is 0 Å². The molecular weight excluding hydrogens is 262 g/mol. The fourth-order valence-corrected chi connectivity index (χ4v) is 2.55. The summed E-state index contributed by atoms with van der Waals surface area (Å²) in [6.07, 6.45) is 0. The van der Waals surface area contributed by atoms with E-state index in [0.717, 1.165) is 27.1 Å². The van der Waals surface area contributed by atoms with Gasteiger partial charge in [-0.25, -0.2) is 0 Å². The van der Waals surface area contributed by atoms with Crippen LogP contribution in [0.25, 0.3) is 10.6 Å². The Kier molecular flexibility index (Phi) is 4.34. The van der Waals surface area contributed by atoms with Gasteiger partial charge in [0.25, 0.3) is 0 Å². The minimum absolute atomic E-state index is 0.190. The standard InChI is InChI=1S/C13H17N3O2S/c1-8(14-2)12-15-16-13(19-12)10-6-5-9(17-3)7-11(10)18-4/h5-8,14H,1-4H3. The number of benzene rings is 1. The molecule has 102 valence electrons. The van der Waals surface area contributed by atoms with Crippen LogP contribution in [0.1, 0.15) is 18.0 Å². The molecule has 19 heavy (non-hydrogen) atoms. The zero-order chi connectivity index (χ0) is 13.8. The van der Waals surface area contributed by atoms with Crippen LogP contribution < -0.4 is 14.8 Å². The molecule has 0 aliphatic carbocycles. The average Bonchev–Trinajstić information content (AvgIpc) is 2.95. The number of hydrogen-bond acceptors (Lipinski definition) is 6. The van der Waals surface area contributed by atoms with Crippen LogP contribution in [0, 0.1) is 0 Å².